The van der Waals surface area contributed by atoms with Gasteiger partial charge in [-0.1, -0.05) is 28.9 Å². The highest BCUT2D eigenvalue weighted by atomic mass is 35.5. The van der Waals surface area contributed by atoms with Crippen molar-refractivity contribution in [3.05, 3.63) is 75.6 Å². The molecule has 0 aliphatic carbocycles. The largest absolute Gasteiger partial charge is 0.493 e. The molecule has 1 aromatic heterocycles. The molecule has 0 N–H and O–H groups in total. The van der Waals surface area contributed by atoms with Crippen LogP contribution < -0.4 is 9.47 Å². The molecular weight excluding hydrogens is 382 g/mol. The Hall–Kier alpha value is -2.99. The molecule has 0 atom stereocenters. The number of carbonyl (C=O) groups is 1. The lowest BCUT2D eigenvalue weighted by atomic mass is 10.2. The van der Waals surface area contributed by atoms with E-state index in [9.17, 15) is 4.79 Å². The van der Waals surface area contributed by atoms with Crippen LogP contribution in [-0.4, -0.2) is 18.2 Å². The van der Waals surface area contributed by atoms with Crippen LogP contribution in [0.4, 0.5) is 0 Å². The van der Waals surface area contributed by atoms with Crippen molar-refractivity contribution >= 4 is 17.6 Å². The van der Waals surface area contributed by atoms with Gasteiger partial charge in [-0.3, -0.25) is 0 Å². The third-order valence-electron chi connectivity index (χ3n) is 4.21. The van der Waals surface area contributed by atoms with Crippen molar-refractivity contribution in [1.82, 2.24) is 5.16 Å². The number of hydrogen-bond donors (Lipinski definition) is 0. The highest BCUT2D eigenvalue weighted by Gasteiger charge is 2.15. The van der Waals surface area contributed by atoms with Crippen LogP contribution in [0.15, 0.2) is 47.0 Å². The smallest absolute Gasteiger partial charge is 0.338 e. The van der Waals surface area contributed by atoms with Crippen LogP contribution in [0, 0.1) is 13.8 Å². The summed E-state index contributed by atoms with van der Waals surface area (Å²) in [6.45, 7) is 4.10. The van der Waals surface area contributed by atoms with Gasteiger partial charge in [0.15, 0.2) is 11.5 Å². The lowest BCUT2D eigenvalue weighted by Crippen LogP contribution is -2.06. The van der Waals surface area contributed by atoms with Gasteiger partial charge in [0.1, 0.15) is 19.0 Å². The first kappa shape index (κ1) is 19.8. The monoisotopic (exact) mass is 401 g/mol. The third-order valence-corrected chi connectivity index (χ3v) is 4.45. The molecule has 0 amide bonds. The van der Waals surface area contributed by atoms with Crippen LogP contribution in [0.2, 0.25) is 5.02 Å². The summed E-state index contributed by atoms with van der Waals surface area (Å²) >= 11 is 5.94. The van der Waals surface area contributed by atoms with Crippen molar-refractivity contribution in [2.75, 3.05) is 7.11 Å². The molecule has 0 unspecified atom stereocenters. The first-order valence-electron chi connectivity index (χ1n) is 8.62. The lowest BCUT2D eigenvalue weighted by molar-refractivity contribution is 0.0472. The molecule has 2 aromatic carbocycles. The number of rotatable bonds is 7. The van der Waals surface area contributed by atoms with E-state index >= 15 is 0 Å². The Kier molecular flexibility index (Phi) is 6.21. The highest BCUT2D eigenvalue weighted by molar-refractivity contribution is 6.30. The number of benzene rings is 2. The Morgan fingerprint density at radius 3 is 2.61 bits per heavy atom. The highest BCUT2D eigenvalue weighted by Crippen LogP contribution is 2.30. The second-order valence-corrected chi connectivity index (χ2v) is 6.60. The molecule has 1 heterocycles. The van der Waals surface area contributed by atoms with Gasteiger partial charge in [0.05, 0.1) is 23.9 Å². The summed E-state index contributed by atoms with van der Waals surface area (Å²) < 4.78 is 21.7. The van der Waals surface area contributed by atoms with E-state index in [1.165, 1.54) is 7.11 Å². The fourth-order valence-corrected chi connectivity index (χ4v) is 2.84. The minimum Gasteiger partial charge on any atom is -0.493 e. The number of halogens is 1. The van der Waals surface area contributed by atoms with Gasteiger partial charge in [-0.2, -0.15) is 0 Å². The van der Waals surface area contributed by atoms with Crippen LogP contribution in [0.5, 0.6) is 11.5 Å². The van der Waals surface area contributed by atoms with Gasteiger partial charge in [-0.05, 0) is 49.7 Å². The number of hydrogen-bond acceptors (Lipinski definition) is 6. The Morgan fingerprint density at radius 2 is 1.93 bits per heavy atom. The summed E-state index contributed by atoms with van der Waals surface area (Å²) in [5.74, 6) is 1.19. The molecule has 0 fully saturated rings. The number of nitrogens with zero attached hydrogens (tertiary/aromatic N) is 1. The normalized spacial score (nSPS) is 10.6. The molecule has 7 heteroatoms. The zero-order chi connectivity index (χ0) is 20.1. The molecule has 0 saturated carbocycles. The van der Waals surface area contributed by atoms with E-state index in [-0.39, 0.29) is 13.2 Å². The SMILES string of the molecule is COc1cc(C(=O)OCc2cccc(Cl)c2)ccc1OCc1c(C)noc1C. The molecule has 3 aromatic rings. The van der Waals surface area contributed by atoms with Crippen molar-refractivity contribution in [3.63, 3.8) is 0 Å². The summed E-state index contributed by atoms with van der Waals surface area (Å²) in [7, 11) is 1.51. The second kappa shape index (κ2) is 8.80. The van der Waals surface area contributed by atoms with Crippen LogP contribution >= 0.6 is 11.6 Å². The standard InChI is InChI=1S/C21H20ClNO5/c1-13-18(14(2)28-23-13)12-26-19-8-7-16(10-20(19)25-3)21(24)27-11-15-5-4-6-17(22)9-15/h4-10H,11-12H2,1-3H3. The Morgan fingerprint density at radius 1 is 1.11 bits per heavy atom. The molecule has 3 rings (SSSR count). The number of methoxy groups -OCH3 is 1. The second-order valence-electron chi connectivity index (χ2n) is 6.16. The van der Waals surface area contributed by atoms with Crippen molar-refractivity contribution in [1.29, 1.82) is 0 Å². The van der Waals surface area contributed by atoms with Crippen LogP contribution in [-0.2, 0) is 18.0 Å². The molecular formula is C21H20ClNO5. The zero-order valence-electron chi connectivity index (χ0n) is 15.8. The number of aromatic nitrogens is 1. The van der Waals surface area contributed by atoms with Gasteiger partial charge in [0.2, 0.25) is 0 Å². The van der Waals surface area contributed by atoms with E-state index in [1.54, 1.807) is 36.4 Å². The summed E-state index contributed by atoms with van der Waals surface area (Å²) in [6.07, 6.45) is 0. The summed E-state index contributed by atoms with van der Waals surface area (Å²) in [5, 5.41) is 4.50. The van der Waals surface area contributed by atoms with Crippen LogP contribution in [0.1, 0.15) is 32.9 Å². The van der Waals surface area contributed by atoms with E-state index in [1.807, 2.05) is 19.9 Å². The van der Waals surface area contributed by atoms with Crippen molar-refractivity contribution in [2.45, 2.75) is 27.1 Å². The zero-order valence-corrected chi connectivity index (χ0v) is 16.6. The van der Waals surface area contributed by atoms with Crippen molar-refractivity contribution in [3.8, 4) is 11.5 Å². The molecule has 0 bridgehead atoms. The predicted molar refractivity (Wildman–Crippen MR) is 104 cm³/mol. The summed E-state index contributed by atoms with van der Waals surface area (Å²) in [5.41, 5.74) is 2.83. The average molecular weight is 402 g/mol. The molecule has 6 nitrogen and oxygen atoms in total. The van der Waals surface area contributed by atoms with Gasteiger partial charge >= 0.3 is 5.97 Å². The maximum atomic E-state index is 12.3. The molecule has 0 saturated heterocycles. The third kappa shape index (κ3) is 4.64. The van der Waals surface area contributed by atoms with Crippen molar-refractivity contribution < 1.29 is 23.5 Å². The number of esters is 1. The quantitative estimate of drug-likeness (QED) is 0.525. The summed E-state index contributed by atoms with van der Waals surface area (Å²) in [6, 6.07) is 12.0. The van der Waals surface area contributed by atoms with Crippen LogP contribution in [0.25, 0.3) is 0 Å². The molecule has 0 spiro atoms. The predicted octanol–water partition coefficient (Wildman–Crippen LogP) is 4.89. The maximum Gasteiger partial charge on any atom is 0.338 e. The average Bonchev–Trinajstić information content (AvgIpc) is 3.02. The Labute approximate surface area is 168 Å². The number of carbonyl (C=O) groups excluding carboxylic acids is 1. The minimum absolute atomic E-state index is 0.131. The van der Waals surface area contributed by atoms with E-state index in [4.69, 9.17) is 30.3 Å². The van der Waals surface area contributed by atoms with E-state index in [0.29, 0.717) is 27.8 Å². The minimum atomic E-state index is -0.462. The number of ether oxygens (including phenoxy) is 3. The molecule has 0 aliphatic heterocycles. The molecule has 0 radical (unpaired) electrons. The molecule has 28 heavy (non-hydrogen) atoms. The fraction of sp³-hybridized carbons (Fsp3) is 0.238. The molecule has 146 valence electrons. The topological polar surface area (TPSA) is 70.8 Å². The Balaban J connectivity index is 1.67. The van der Waals surface area contributed by atoms with Gasteiger partial charge in [-0.15, -0.1) is 0 Å². The van der Waals surface area contributed by atoms with Gasteiger partial charge in [-0.25, -0.2) is 4.79 Å². The first-order valence-corrected chi connectivity index (χ1v) is 9.00. The fourth-order valence-electron chi connectivity index (χ4n) is 2.63. The van der Waals surface area contributed by atoms with Crippen molar-refractivity contribution in [2.24, 2.45) is 0 Å². The van der Waals surface area contributed by atoms with E-state index < -0.39 is 5.97 Å². The lowest BCUT2D eigenvalue weighted by Gasteiger charge is -2.12. The first-order chi connectivity index (χ1) is 13.5. The van der Waals surface area contributed by atoms with Gasteiger partial charge < -0.3 is 18.7 Å². The Bertz CT molecular complexity index is 963. The van der Waals surface area contributed by atoms with E-state index in [0.717, 1.165) is 16.8 Å². The number of aryl methyl sites for hydroxylation is 2. The summed E-state index contributed by atoms with van der Waals surface area (Å²) in [4.78, 5) is 12.3. The molecule has 0 aliphatic rings. The van der Waals surface area contributed by atoms with E-state index in [2.05, 4.69) is 5.16 Å². The maximum absolute atomic E-state index is 12.3. The van der Waals surface area contributed by atoms with Gasteiger partial charge in [0.25, 0.3) is 0 Å². The van der Waals surface area contributed by atoms with Crippen LogP contribution in [0.3, 0.4) is 0 Å². The van der Waals surface area contributed by atoms with Gasteiger partial charge in [0, 0.05) is 5.02 Å².